The molecule has 0 aliphatic carbocycles. The number of nitrogens with zero attached hydrogens (tertiary/aromatic N) is 2. The third kappa shape index (κ3) is 3.17. The monoisotopic (exact) mass is 229 g/mol. The lowest BCUT2D eigenvalue weighted by Gasteiger charge is -2.11. The second-order valence-electron chi connectivity index (χ2n) is 4.44. The lowest BCUT2D eigenvalue weighted by atomic mass is 10.00. The molecule has 1 N–H and O–H groups in total. The topological polar surface area (TPSA) is 29.9 Å². The lowest BCUT2D eigenvalue weighted by molar-refractivity contribution is 0.677. The van der Waals surface area contributed by atoms with Gasteiger partial charge in [0.05, 0.1) is 6.33 Å². The second-order valence-corrected chi connectivity index (χ2v) is 4.44. The molecule has 0 fully saturated rings. The van der Waals surface area contributed by atoms with Gasteiger partial charge in [-0.15, -0.1) is 0 Å². The van der Waals surface area contributed by atoms with Crippen LogP contribution in [0.2, 0.25) is 0 Å². The van der Waals surface area contributed by atoms with Gasteiger partial charge in [0, 0.05) is 25.5 Å². The van der Waals surface area contributed by atoms with E-state index < -0.39 is 0 Å². The summed E-state index contributed by atoms with van der Waals surface area (Å²) in [6.45, 7) is 4.14. The van der Waals surface area contributed by atoms with Crippen LogP contribution < -0.4 is 5.32 Å². The summed E-state index contributed by atoms with van der Waals surface area (Å²) in [5.74, 6) is 0.558. The summed E-state index contributed by atoms with van der Waals surface area (Å²) in [6, 6.07) is 8.82. The first-order valence-corrected chi connectivity index (χ1v) is 5.99. The summed E-state index contributed by atoms with van der Waals surface area (Å²) in [4.78, 5) is 4.04. The van der Waals surface area contributed by atoms with Gasteiger partial charge in [0.2, 0.25) is 0 Å². The third-order valence-corrected chi connectivity index (χ3v) is 2.98. The Balaban J connectivity index is 2.02. The first-order valence-electron chi connectivity index (χ1n) is 5.99. The molecule has 1 unspecified atom stereocenters. The molecule has 0 aliphatic heterocycles. The quantitative estimate of drug-likeness (QED) is 0.852. The molecule has 0 amide bonds. The molecule has 3 nitrogen and oxygen atoms in total. The molecule has 0 aliphatic rings. The normalized spacial score (nSPS) is 12.6. The van der Waals surface area contributed by atoms with Crippen molar-refractivity contribution < 1.29 is 0 Å². The fourth-order valence-electron chi connectivity index (χ4n) is 1.97. The molecule has 1 heterocycles. The number of nitrogens with one attached hydrogen (secondary N) is 1. The molecule has 3 heteroatoms. The van der Waals surface area contributed by atoms with Crippen LogP contribution in [-0.2, 0) is 6.54 Å². The van der Waals surface area contributed by atoms with Crippen molar-refractivity contribution in [1.82, 2.24) is 14.9 Å². The van der Waals surface area contributed by atoms with Crippen LogP contribution in [0.5, 0.6) is 0 Å². The molecule has 0 saturated carbocycles. The zero-order valence-corrected chi connectivity index (χ0v) is 10.4. The van der Waals surface area contributed by atoms with Gasteiger partial charge in [0.25, 0.3) is 0 Å². The smallest absolute Gasteiger partial charge is 0.0949 e. The Morgan fingerprint density at radius 1 is 1.29 bits per heavy atom. The minimum Gasteiger partial charge on any atom is -0.333 e. The molecule has 2 rings (SSSR count). The summed E-state index contributed by atoms with van der Waals surface area (Å²) in [5, 5.41) is 3.20. The number of benzene rings is 1. The van der Waals surface area contributed by atoms with Crippen molar-refractivity contribution in [3.05, 3.63) is 54.1 Å². The fourth-order valence-corrected chi connectivity index (χ4v) is 1.97. The number of hydrogen-bond donors (Lipinski definition) is 1. The van der Waals surface area contributed by atoms with E-state index in [1.165, 1.54) is 11.1 Å². The molecule has 17 heavy (non-hydrogen) atoms. The van der Waals surface area contributed by atoms with Crippen LogP contribution in [0.25, 0.3) is 0 Å². The Labute approximate surface area is 103 Å². The second kappa shape index (κ2) is 5.64. The maximum absolute atomic E-state index is 4.04. The highest BCUT2D eigenvalue weighted by atomic mass is 15.0. The average Bonchev–Trinajstić information content (AvgIpc) is 2.83. The predicted octanol–water partition coefficient (Wildman–Crippen LogP) is 2.25. The van der Waals surface area contributed by atoms with E-state index in [0.717, 1.165) is 13.1 Å². The highest BCUT2D eigenvalue weighted by Gasteiger charge is 2.03. The fraction of sp³-hybridized carbons (Fsp3) is 0.357. The average molecular weight is 229 g/mol. The van der Waals surface area contributed by atoms with Crippen LogP contribution in [0.4, 0.5) is 0 Å². The van der Waals surface area contributed by atoms with Crippen LogP contribution in [0.3, 0.4) is 0 Å². The van der Waals surface area contributed by atoms with Crippen molar-refractivity contribution in [2.24, 2.45) is 0 Å². The van der Waals surface area contributed by atoms with Gasteiger partial charge in [-0.1, -0.05) is 31.2 Å². The summed E-state index contributed by atoms with van der Waals surface area (Å²) >= 11 is 0. The molecule has 0 spiro atoms. The van der Waals surface area contributed by atoms with E-state index in [-0.39, 0.29) is 0 Å². The van der Waals surface area contributed by atoms with Crippen LogP contribution in [-0.4, -0.2) is 23.1 Å². The zero-order chi connectivity index (χ0) is 12.1. The molecular formula is C14H19N3. The summed E-state index contributed by atoms with van der Waals surface area (Å²) in [7, 11) is 1.99. The largest absolute Gasteiger partial charge is 0.333 e. The van der Waals surface area contributed by atoms with Gasteiger partial charge in [-0.3, -0.25) is 0 Å². The van der Waals surface area contributed by atoms with Gasteiger partial charge >= 0.3 is 0 Å². The van der Waals surface area contributed by atoms with Crippen LogP contribution >= 0.6 is 0 Å². The first-order chi connectivity index (χ1) is 8.29. The molecule has 2 aromatic rings. The summed E-state index contributed by atoms with van der Waals surface area (Å²) < 4.78 is 2.08. The Kier molecular flexibility index (Phi) is 3.94. The van der Waals surface area contributed by atoms with Gasteiger partial charge < -0.3 is 9.88 Å². The predicted molar refractivity (Wildman–Crippen MR) is 70.1 cm³/mol. The van der Waals surface area contributed by atoms with E-state index in [1.54, 1.807) is 0 Å². The van der Waals surface area contributed by atoms with Crippen molar-refractivity contribution in [1.29, 1.82) is 0 Å². The Morgan fingerprint density at radius 2 is 2.06 bits per heavy atom. The number of hydrogen-bond acceptors (Lipinski definition) is 2. The van der Waals surface area contributed by atoms with Crippen molar-refractivity contribution in [2.45, 2.75) is 19.4 Å². The van der Waals surface area contributed by atoms with E-state index in [4.69, 9.17) is 0 Å². The number of rotatable bonds is 5. The molecule has 1 atom stereocenters. The van der Waals surface area contributed by atoms with E-state index in [1.807, 2.05) is 25.8 Å². The molecular weight excluding hydrogens is 210 g/mol. The molecule has 0 saturated heterocycles. The highest BCUT2D eigenvalue weighted by Crippen LogP contribution is 2.15. The highest BCUT2D eigenvalue weighted by molar-refractivity contribution is 5.25. The SMILES string of the molecule is CNCC(C)c1ccc(Cn2ccnc2)cc1. The Hall–Kier alpha value is -1.61. The summed E-state index contributed by atoms with van der Waals surface area (Å²) in [6.07, 6.45) is 5.64. The number of likely N-dealkylation sites (N-methyl/N-ethyl adjacent to an activating group) is 1. The molecule has 90 valence electrons. The van der Waals surface area contributed by atoms with Gasteiger partial charge in [-0.2, -0.15) is 0 Å². The minimum atomic E-state index is 0.558. The standard InChI is InChI=1S/C14H19N3/c1-12(9-15-2)14-5-3-13(4-6-14)10-17-8-7-16-11-17/h3-8,11-12,15H,9-10H2,1-2H3. The summed E-state index contributed by atoms with van der Waals surface area (Å²) in [5.41, 5.74) is 2.69. The molecule has 0 radical (unpaired) electrons. The molecule has 1 aromatic heterocycles. The van der Waals surface area contributed by atoms with Crippen molar-refractivity contribution in [2.75, 3.05) is 13.6 Å². The number of imidazole rings is 1. The van der Waals surface area contributed by atoms with Crippen LogP contribution in [0.15, 0.2) is 43.0 Å². The van der Waals surface area contributed by atoms with Gasteiger partial charge in [0.15, 0.2) is 0 Å². The van der Waals surface area contributed by atoms with E-state index in [9.17, 15) is 0 Å². The van der Waals surface area contributed by atoms with Gasteiger partial charge in [0.1, 0.15) is 0 Å². The Bertz CT molecular complexity index is 431. The lowest BCUT2D eigenvalue weighted by Crippen LogP contribution is -2.14. The van der Waals surface area contributed by atoms with E-state index in [2.05, 4.69) is 46.1 Å². The van der Waals surface area contributed by atoms with Crippen LogP contribution in [0, 0.1) is 0 Å². The molecule has 1 aromatic carbocycles. The van der Waals surface area contributed by atoms with Crippen LogP contribution in [0.1, 0.15) is 24.0 Å². The van der Waals surface area contributed by atoms with Gasteiger partial charge in [-0.05, 0) is 24.1 Å². The molecule has 0 bridgehead atoms. The van der Waals surface area contributed by atoms with E-state index in [0.29, 0.717) is 5.92 Å². The maximum atomic E-state index is 4.04. The zero-order valence-electron chi connectivity index (χ0n) is 10.4. The minimum absolute atomic E-state index is 0.558. The third-order valence-electron chi connectivity index (χ3n) is 2.98. The maximum Gasteiger partial charge on any atom is 0.0949 e. The van der Waals surface area contributed by atoms with E-state index >= 15 is 0 Å². The van der Waals surface area contributed by atoms with Gasteiger partial charge in [-0.25, -0.2) is 4.98 Å². The first kappa shape index (κ1) is 11.9. The number of aromatic nitrogens is 2. The van der Waals surface area contributed by atoms with Crippen molar-refractivity contribution in [3.8, 4) is 0 Å². The Morgan fingerprint density at radius 3 is 2.65 bits per heavy atom. The van der Waals surface area contributed by atoms with Crippen molar-refractivity contribution >= 4 is 0 Å². The van der Waals surface area contributed by atoms with Crippen molar-refractivity contribution in [3.63, 3.8) is 0 Å².